The number of aromatic carboxylic acids is 1. The summed E-state index contributed by atoms with van der Waals surface area (Å²) < 4.78 is 1.67. The lowest BCUT2D eigenvalue weighted by atomic mass is 10.3. The lowest BCUT2D eigenvalue weighted by molar-refractivity contribution is -0.254. The van der Waals surface area contributed by atoms with E-state index in [1.165, 1.54) is 0 Å². The maximum Gasteiger partial charge on any atom is 0.128 e. The zero-order valence-corrected chi connectivity index (χ0v) is 11.5. The molecule has 6 heteroatoms. The summed E-state index contributed by atoms with van der Waals surface area (Å²) in [7, 11) is 0. The van der Waals surface area contributed by atoms with E-state index in [1.54, 1.807) is 16.8 Å². The number of carboxylic acid groups (broad SMARTS) is 1. The monoisotopic (exact) mass is 291 g/mol. The van der Waals surface area contributed by atoms with Crippen molar-refractivity contribution in [1.29, 1.82) is 0 Å². The molecule has 0 unspecified atom stereocenters. The fourth-order valence-electron chi connectivity index (χ4n) is 1.93. The van der Waals surface area contributed by atoms with Crippen LogP contribution in [0.4, 0.5) is 0 Å². The lowest BCUT2D eigenvalue weighted by Gasteiger charge is -2.04. The molecule has 2 aromatic heterocycles. The van der Waals surface area contributed by atoms with Crippen LogP contribution in [-0.4, -0.2) is 15.7 Å². The summed E-state index contributed by atoms with van der Waals surface area (Å²) in [5.74, 6) is -1.17. The Bertz CT molecular complexity index is 791. The van der Waals surface area contributed by atoms with Crippen molar-refractivity contribution in [1.82, 2.24) is 9.78 Å². The Kier molecular flexibility index (Phi) is 2.80. The van der Waals surface area contributed by atoms with Crippen molar-refractivity contribution in [3.63, 3.8) is 0 Å². The molecule has 0 N–H and O–H groups in total. The van der Waals surface area contributed by atoms with Gasteiger partial charge in [-0.1, -0.05) is 23.7 Å². The number of hydrogen-bond acceptors (Lipinski definition) is 4. The molecule has 0 aliphatic heterocycles. The highest BCUT2D eigenvalue weighted by Gasteiger charge is 2.15. The van der Waals surface area contributed by atoms with Crippen LogP contribution >= 0.6 is 22.9 Å². The lowest BCUT2D eigenvalue weighted by Crippen LogP contribution is -2.20. The number of halogens is 1. The summed E-state index contributed by atoms with van der Waals surface area (Å²) in [5.41, 5.74) is 1.49. The molecule has 0 amide bonds. The maximum atomic E-state index is 10.9. The van der Waals surface area contributed by atoms with Crippen LogP contribution in [-0.2, 0) is 0 Å². The highest BCUT2D eigenvalue weighted by molar-refractivity contribution is 7.20. The van der Waals surface area contributed by atoms with E-state index in [0.717, 1.165) is 32.9 Å². The standard InChI is InChI=1S/C13H9ClN2O2S/c1-7-8-6-11(13(17)18)19-12(8)16(15-7)10-5-3-2-4-9(10)14/h2-6H,1H3,(H,17,18)/p-1. The van der Waals surface area contributed by atoms with Crippen LogP contribution in [0.3, 0.4) is 0 Å². The predicted octanol–water partition coefficient (Wildman–Crippen LogP) is 2.41. The molecule has 0 bridgehead atoms. The summed E-state index contributed by atoms with van der Waals surface area (Å²) in [5, 5.41) is 16.7. The highest BCUT2D eigenvalue weighted by Crippen LogP contribution is 2.31. The first-order chi connectivity index (χ1) is 9.08. The number of nitrogens with zero attached hydrogens (tertiary/aromatic N) is 2. The minimum atomic E-state index is -1.17. The van der Waals surface area contributed by atoms with E-state index in [4.69, 9.17) is 11.6 Å². The van der Waals surface area contributed by atoms with E-state index in [-0.39, 0.29) is 4.88 Å². The van der Waals surface area contributed by atoms with E-state index in [0.29, 0.717) is 5.02 Å². The molecule has 4 nitrogen and oxygen atoms in total. The zero-order chi connectivity index (χ0) is 13.6. The molecule has 1 aromatic carbocycles. The second-order valence-electron chi connectivity index (χ2n) is 4.07. The Balaban J connectivity index is 2.30. The van der Waals surface area contributed by atoms with Gasteiger partial charge in [0, 0.05) is 5.39 Å². The van der Waals surface area contributed by atoms with Crippen molar-refractivity contribution in [3.05, 3.63) is 45.9 Å². The van der Waals surface area contributed by atoms with Crippen LogP contribution in [0.5, 0.6) is 0 Å². The summed E-state index contributed by atoms with van der Waals surface area (Å²) in [6.45, 7) is 1.83. The van der Waals surface area contributed by atoms with Crippen molar-refractivity contribution in [2.45, 2.75) is 6.92 Å². The minimum absolute atomic E-state index is 0.191. The minimum Gasteiger partial charge on any atom is -0.544 e. The van der Waals surface area contributed by atoms with Gasteiger partial charge in [0.2, 0.25) is 0 Å². The SMILES string of the molecule is Cc1nn(-c2ccccc2Cl)c2sc(C(=O)[O-])cc12. The molecule has 96 valence electrons. The average Bonchev–Trinajstić information content (AvgIpc) is 2.92. The van der Waals surface area contributed by atoms with Gasteiger partial charge in [-0.2, -0.15) is 5.10 Å². The molecule has 0 spiro atoms. The quantitative estimate of drug-likeness (QED) is 0.728. The number of para-hydroxylation sites is 1. The van der Waals surface area contributed by atoms with Crippen LogP contribution in [0.2, 0.25) is 5.02 Å². The Morgan fingerprint density at radius 2 is 2.16 bits per heavy atom. The number of fused-ring (bicyclic) bond motifs is 1. The summed E-state index contributed by atoms with van der Waals surface area (Å²) in [6, 6.07) is 8.89. The molecule has 3 aromatic rings. The normalized spacial score (nSPS) is 11.1. The molecule has 0 radical (unpaired) electrons. The molecule has 0 aliphatic carbocycles. The van der Waals surface area contributed by atoms with E-state index < -0.39 is 5.97 Å². The molecule has 3 rings (SSSR count). The van der Waals surface area contributed by atoms with Crippen LogP contribution in [0, 0.1) is 6.92 Å². The number of carbonyl (C=O) groups excluding carboxylic acids is 1. The molecule has 2 heterocycles. The van der Waals surface area contributed by atoms with Gasteiger partial charge in [0.15, 0.2) is 0 Å². The Hall–Kier alpha value is -1.85. The summed E-state index contributed by atoms with van der Waals surface area (Å²) >= 11 is 7.29. The number of hydrogen-bond donors (Lipinski definition) is 0. The van der Waals surface area contributed by atoms with Gasteiger partial charge in [0.25, 0.3) is 0 Å². The first kappa shape index (κ1) is 12.2. The number of carboxylic acids is 1. The van der Waals surface area contributed by atoms with Crippen LogP contribution in [0.15, 0.2) is 30.3 Å². The molecular weight excluding hydrogens is 284 g/mol. The topological polar surface area (TPSA) is 58.0 Å². The molecule has 0 saturated carbocycles. The second kappa shape index (κ2) is 4.36. The molecule has 0 aliphatic rings. The first-order valence-electron chi connectivity index (χ1n) is 5.53. The highest BCUT2D eigenvalue weighted by atomic mass is 35.5. The number of benzene rings is 1. The third-order valence-corrected chi connectivity index (χ3v) is 4.24. The van der Waals surface area contributed by atoms with E-state index in [9.17, 15) is 9.90 Å². The van der Waals surface area contributed by atoms with Gasteiger partial charge in [0.1, 0.15) is 4.83 Å². The van der Waals surface area contributed by atoms with Gasteiger partial charge in [-0.3, -0.25) is 0 Å². The predicted molar refractivity (Wildman–Crippen MR) is 73.0 cm³/mol. The van der Waals surface area contributed by atoms with Crippen molar-refractivity contribution in [3.8, 4) is 5.69 Å². The largest absolute Gasteiger partial charge is 0.544 e. The molecule has 0 fully saturated rings. The molecule has 0 atom stereocenters. The Morgan fingerprint density at radius 1 is 1.42 bits per heavy atom. The van der Waals surface area contributed by atoms with Gasteiger partial charge in [-0.25, -0.2) is 4.68 Å². The zero-order valence-electron chi connectivity index (χ0n) is 9.88. The first-order valence-corrected chi connectivity index (χ1v) is 6.73. The number of rotatable bonds is 2. The summed E-state index contributed by atoms with van der Waals surface area (Å²) in [6.07, 6.45) is 0. The van der Waals surface area contributed by atoms with Crippen LogP contribution in [0.25, 0.3) is 15.9 Å². The second-order valence-corrected chi connectivity index (χ2v) is 5.50. The third kappa shape index (κ3) is 1.91. The maximum absolute atomic E-state index is 10.9. The Labute approximate surface area is 117 Å². The van der Waals surface area contributed by atoms with E-state index >= 15 is 0 Å². The number of thiophene rings is 1. The average molecular weight is 292 g/mol. The van der Waals surface area contributed by atoms with Gasteiger partial charge in [-0.05, 0) is 25.1 Å². The fraction of sp³-hybridized carbons (Fsp3) is 0.0769. The van der Waals surface area contributed by atoms with Crippen molar-refractivity contribution < 1.29 is 9.90 Å². The number of carbonyl (C=O) groups is 1. The number of aromatic nitrogens is 2. The molecular formula is C13H8ClN2O2S-. The van der Waals surface area contributed by atoms with Gasteiger partial charge in [0.05, 0.1) is 27.3 Å². The number of aryl methyl sites for hydroxylation is 1. The van der Waals surface area contributed by atoms with Crippen LogP contribution in [0.1, 0.15) is 15.4 Å². The van der Waals surface area contributed by atoms with Crippen molar-refractivity contribution in [2.24, 2.45) is 0 Å². The van der Waals surface area contributed by atoms with Gasteiger partial charge in [-0.15, -0.1) is 11.3 Å². The molecule has 0 saturated heterocycles. The smallest absolute Gasteiger partial charge is 0.128 e. The fourth-order valence-corrected chi connectivity index (χ4v) is 3.16. The van der Waals surface area contributed by atoms with Crippen molar-refractivity contribution in [2.75, 3.05) is 0 Å². The third-order valence-electron chi connectivity index (χ3n) is 2.83. The van der Waals surface area contributed by atoms with Crippen molar-refractivity contribution >= 4 is 39.1 Å². The van der Waals surface area contributed by atoms with E-state index in [2.05, 4.69) is 5.10 Å². The van der Waals surface area contributed by atoms with Gasteiger partial charge >= 0.3 is 0 Å². The van der Waals surface area contributed by atoms with Gasteiger partial charge < -0.3 is 9.90 Å². The van der Waals surface area contributed by atoms with Crippen LogP contribution < -0.4 is 5.11 Å². The molecule has 19 heavy (non-hydrogen) atoms. The summed E-state index contributed by atoms with van der Waals surface area (Å²) in [4.78, 5) is 11.9. The Morgan fingerprint density at radius 3 is 2.84 bits per heavy atom. The van der Waals surface area contributed by atoms with E-state index in [1.807, 2.05) is 25.1 Å².